The zero-order valence-corrected chi connectivity index (χ0v) is 10.7. The molecular formula is C13H12FN3O3. The zero-order valence-electron chi connectivity index (χ0n) is 10.7. The first kappa shape index (κ1) is 13.9. The molecule has 2 rings (SSSR count). The highest BCUT2D eigenvalue weighted by Gasteiger charge is 2.15. The highest BCUT2D eigenvalue weighted by atomic mass is 19.1. The summed E-state index contributed by atoms with van der Waals surface area (Å²) in [6.45, 7) is 1.69. The van der Waals surface area contributed by atoms with Crippen molar-refractivity contribution in [2.24, 2.45) is 0 Å². The van der Waals surface area contributed by atoms with Gasteiger partial charge in [0.05, 0.1) is 18.4 Å². The van der Waals surface area contributed by atoms with Crippen molar-refractivity contribution in [2.75, 3.05) is 6.61 Å². The van der Waals surface area contributed by atoms with Gasteiger partial charge in [0.15, 0.2) is 11.5 Å². The van der Waals surface area contributed by atoms with Gasteiger partial charge in [-0.3, -0.25) is 4.79 Å². The SMILES string of the molecule is CCOC(=O)c1cn(CC(=O)c2ccccc2F)nn1. The molecule has 0 saturated heterocycles. The number of Topliss-reactive ketones (excluding diaryl/α,β-unsaturated/α-hetero) is 1. The van der Waals surface area contributed by atoms with E-state index in [4.69, 9.17) is 4.74 Å². The summed E-state index contributed by atoms with van der Waals surface area (Å²) in [6, 6.07) is 5.67. The van der Waals surface area contributed by atoms with Crippen molar-refractivity contribution in [3.63, 3.8) is 0 Å². The van der Waals surface area contributed by atoms with Crippen LogP contribution in [0.15, 0.2) is 30.5 Å². The summed E-state index contributed by atoms with van der Waals surface area (Å²) < 4.78 is 19.4. The van der Waals surface area contributed by atoms with E-state index in [1.807, 2.05) is 0 Å². The number of hydrogen-bond donors (Lipinski definition) is 0. The first-order chi connectivity index (χ1) is 9.61. The van der Waals surface area contributed by atoms with Gasteiger partial charge in [0, 0.05) is 0 Å². The van der Waals surface area contributed by atoms with E-state index in [0.717, 1.165) is 0 Å². The molecule has 2 aromatic rings. The van der Waals surface area contributed by atoms with Crippen molar-refractivity contribution < 1.29 is 18.7 Å². The van der Waals surface area contributed by atoms with Crippen molar-refractivity contribution in [3.8, 4) is 0 Å². The molecule has 0 unspecified atom stereocenters. The van der Waals surface area contributed by atoms with E-state index in [9.17, 15) is 14.0 Å². The van der Waals surface area contributed by atoms with Crippen LogP contribution in [-0.4, -0.2) is 33.4 Å². The second kappa shape index (κ2) is 6.05. The van der Waals surface area contributed by atoms with E-state index < -0.39 is 17.6 Å². The van der Waals surface area contributed by atoms with Crippen LogP contribution in [0.5, 0.6) is 0 Å². The maximum absolute atomic E-state index is 13.4. The molecule has 0 aliphatic rings. The summed E-state index contributed by atoms with van der Waals surface area (Å²) in [5, 5.41) is 7.23. The molecule has 0 atom stereocenters. The van der Waals surface area contributed by atoms with Crippen LogP contribution in [0.1, 0.15) is 27.8 Å². The van der Waals surface area contributed by atoms with Crippen molar-refractivity contribution in [3.05, 3.63) is 47.5 Å². The van der Waals surface area contributed by atoms with Gasteiger partial charge in [-0.15, -0.1) is 5.10 Å². The predicted molar refractivity (Wildman–Crippen MR) is 66.7 cm³/mol. The smallest absolute Gasteiger partial charge is 0.360 e. The summed E-state index contributed by atoms with van der Waals surface area (Å²) in [6.07, 6.45) is 1.29. The number of aromatic nitrogens is 3. The summed E-state index contributed by atoms with van der Waals surface area (Å²) >= 11 is 0. The molecule has 1 aromatic carbocycles. The highest BCUT2D eigenvalue weighted by molar-refractivity contribution is 5.96. The lowest BCUT2D eigenvalue weighted by Gasteiger charge is -2.01. The Morgan fingerprint density at radius 3 is 2.80 bits per heavy atom. The summed E-state index contributed by atoms with van der Waals surface area (Å²) in [5.74, 6) is -1.66. The Bertz CT molecular complexity index is 639. The molecule has 0 saturated carbocycles. The van der Waals surface area contributed by atoms with Crippen LogP contribution in [0.3, 0.4) is 0 Å². The molecule has 0 aliphatic carbocycles. The fourth-order valence-electron chi connectivity index (χ4n) is 1.59. The highest BCUT2D eigenvalue weighted by Crippen LogP contribution is 2.08. The third-order valence-electron chi connectivity index (χ3n) is 2.50. The van der Waals surface area contributed by atoms with Gasteiger partial charge in [-0.05, 0) is 19.1 Å². The number of ether oxygens (including phenoxy) is 1. The molecule has 0 radical (unpaired) electrons. The summed E-state index contributed by atoms with van der Waals surface area (Å²) in [4.78, 5) is 23.3. The van der Waals surface area contributed by atoms with Gasteiger partial charge in [0.25, 0.3) is 0 Å². The van der Waals surface area contributed by atoms with Gasteiger partial charge in [0.1, 0.15) is 12.4 Å². The zero-order chi connectivity index (χ0) is 14.5. The molecule has 0 bridgehead atoms. The van der Waals surface area contributed by atoms with Gasteiger partial charge in [-0.25, -0.2) is 13.9 Å². The largest absolute Gasteiger partial charge is 0.461 e. The lowest BCUT2D eigenvalue weighted by molar-refractivity contribution is 0.0519. The van der Waals surface area contributed by atoms with Crippen LogP contribution in [0.2, 0.25) is 0 Å². The fourth-order valence-corrected chi connectivity index (χ4v) is 1.59. The van der Waals surface area contributed by atoms with Gasteiger partial charge >= 0.3 is 5.97 Å². The van der Waals surface area contributed by atoms with Crippen molar-refractivity contribution >= 4 is 11.8 Å². The maximum Gasteiger partial charge on any atom is 0.360 e. The Morgan fingerprint density at radius 1 is 1.35 bits per heavy atom. The number of halogens is 1. The quantitative estimate of drug-likeness (QED) is 0.611. The Balaban J connectivity index is 2.09. The van der Waals surface area contributed by atoms with E-state index >= 15 is 0 Å². The standard InChI is InChI=1S/C13H12FN3O3/c1-2-20-13(19)11-7-17(16-15-11)8-12(18)9-5-3-4-6-10(9)14/h3-7H,2,8H2,1H3. The normalized spacial score (nSPS) is 10.3. The predicted octanol–water partition coefficient (Wildman–Crippen LogP) is 1.48. The average molecular weight is 277 g/mol. The molecule has 0 N–H and O–H groups in total. The van der Waals surface area contributed by atoms with Crippen LogP contribution in [0.25, 0.3) is 0 Å². The van der Waals surface area contributed by atoms with Gasteiger partial charge < -0.3 is 4.74 Å². The molecule has 6 nitrogen and oxygen atoms in total. The monoisotopic (exact) mass is 277 g/mol. The first-order valence-corrected chi connectivity index (χ1v) is 5.96. The van der Waals surface area contributed by atoms with Crippen molar-refractivity contribution in [1.82, 2.24) is 15.0 Å². The summed E-state index contributed by atoms with van der Waals surface area (Å²) in [5.41, 5.74) is -0.0196. The number of esters is 1. The molecule has 0 amide bonds. The number of benzene rings is 1. The Labute approximate surface area is 114 Å². The molecule has 20 heavy (non-hydrogen) atoms. The second-order valence-corrected chi connectivity index (χ2v) is 3.92. The number of rotatable bonds is 5. The average Bonchev–Trinajstić information content (AvgIpc) is 2.88. The third kappa shape index (κ3) is 3.05. The van der Waals surface area contributed by atoms with E-state index in [1.54, 1.807) is 13.0 Å². The first-order valence-electron chi connectivity index (χ1n) is 5.96. The minimum absolute atomic E-state index is 0.00758. The molecule has 104 valence electrons. The maximum atomic E-state index is 13.4. The Hall–Kier alpha value is -2.57. The van der Waals surface area contributed by atoms with Crippen LogP contribution in [0, 0.1) is 5.82 Å². The van der Waals surface area contributed by atoms with E-state index in [-0.39, 0.29) is 24.4 Å². The molecule has 0 fully saturated rings. The minimum Gasteiger partial charge on any atom is -0.461 e. The lowest BCUT2D eigenvalue weighted by Crippen LogP contribution is -2.12. The van der Waals surface area contributed by atoms with Gasteiger partial charge in [-0.1, -0.05) is 17.3 Å². The van der Waals surface area contributed by atoms with E-state index in [1.165, 1.54) is 29.1 Å². The number of carbonyl (C=O) groups is 2. The molecule has 0 spiro atoms. The molecule has 7 heteroatoms. The number of carbonyl (C=O) groups excluding carboxylic acids is 2. The van der Waals surface area contributed by atoms with E-state index in [0.29, 0.717) is 0 Å². The van der Waals surface area contributed by atoms with Crippen molar-refractivity contribution in [2.45, 2.75) is 13.5 Å². The minimum atomic E-state index is -0.614. The van der Waals surface area contributed by atoms with Crippen molar-refractivity contribution in [1.29, 1.82) is 0 Å². The number of nitrogens with zero attached hydrogens (tertiary/aromatic N) is 3. The fraction of sp³-hybridized carbons (Fsp3) is 0.231. The van der Waals surface area contributed by atoms with Gasteiger partial charge in [-0.2, -0.15) is 0 Å². The lowest BCUT2D eigenvalue weighted by atomic mass is 10.1. The number of ketones is 1. The molecular weight excluding hydrogens is 265 g/mol. The van der Waals surface area contributed by atoms with Crippen LogP contribution >= 0.6 is 0 Å². The molecule has 0 aliphatic heterocycles. The van der Waals surface area contributed by atoms with Crippen LogP contribution < -0.4 is 0 Å². The Kier molecular flexibility index (Phi) is 4.19. The summed E-state index contributed by atoms with van der Waals surface area (Å²) in [7, 11) is 0. The molecule has 1 aromatic heterocycles. The number of hydrogen-bond acceptors (Lipinski definition) is 5. The second-order valence-electron chi connectivity index (χ2n) is 3.92. The third-order valence-corrected chi connectivity index (χ3v) is 2.50. The molecule has 1 heterocycles. The Morgan fingerprint density at radius 2 is 2.10 bits per heavy atom. The van der Waals surface area contributed by atoms with Gasteiger partial charge in [0.2, 0.25) is 0 Å². The van der Waals surface area contributed by atoms with Crippen LogP contribution in [0.4, 0.5) is 4.39 Å². The van der Waals surface area contributed by atoms with Crippen LogP contribution in [-0.2, 0) is 11.3 Å². The van der Waals surface area contributed by atoms with E-state index in [2.05, 4.69) is 10.3 Å². The topological polar surface area (TPSA) is 74.1 Å².